The molecule has 1 aromatic carbocycles. The number of aromatic nitrogens is 3. The number of nitrogens with one attached hydrogen (secondary N) is 1. The zero-order valence-corrected chi connectivity index (χ0v) is 14.5. The monoisotopic (exact) mass is 336 g/mol. The highest BCUT2D eigenvalue weighted by atomic mass is 16.5. The number of anilines is 1. The van der Waals surface area contributed by atoms with E-state index in [1.807, 2.05) is 44.2 Å². The molecular weight excluding hydrogens is 316 g/mol. The number of hydrogen-bond acceptors (Lipinski definition) is 4. The van der Waals surface area contributed by atoms with E-state index in [1.54, 1.807) is 30.1 Å². The molecule has 0 radical (unpaired) electrons. The summed E-state index contributed by atoms with van der Waals surface area (Å²) >= 11 is 0. The normalized spacial score (nSPS) is 10.5. The molecule has 0 aliphatic rings. The summed E-state index contributed by atoms with van der Waals surface area (Å²) < 4.78 is 7.07. The molecule has 0 aliphatic carbocycles. The minimum absolute atomic E-state index is 0.282. The smallest absolute Gasteiger partial charge is 0.262 e. The number of carbonyl (C=O) groups is 1. The summed E-state index contributed by atoms with van der Waals surface area (Å²) in [5.41, 5.74) is 3.37. The molecule has 0 fully saturated rings. The van der Waals surface area contributed by atoms with E-state index in [0.29, 0.717) is 23.9 Å². The summed E-state index contributed by atoms with van der Waals surface area (Å²) in [5, 5.41) is 7.38. The minimum atomic E-state index is -0.282. The van der Waals surface area contributed by atoms with Crippen LogP contribution in [0.3, 0.4) is 0 Å². The van der Waals surface area contributed by atoms with Gasteiger partial charge < -0.3 is 10.1 Å². The van der Waals surface area contributed by atoms with E-state index in [4.69, 9.17) is 4.74 Å². The van der Waals surface area contributed by atoms with Crippen LogP contribution in [0.15, 0.2) is 48.7 Å². The van der Waals surface area contributed by atoms with Gasteiger partial charge in [-0.25, -0.2) is 4.98 Å². The van der Waals surface area contributed by atoms with Crippen LogP contribution < -0.4 is 10.1 Å². The highest BCUT2D eigenvalue weighted by Crippen LogP contribution is 2.25. The van der Waals surface area contributed by atoms with Crippen LogP contribution in [0.25, 0.3) is 11.3 Å². The Balaban J connectivity index is 1.87. The average molecular weight is 336 g/mol. The lowest BCUT2D eigenvalue weighted by atomic mass is 10.1. The Hall–Kier alpha value is -3.15. The van der Waals surface area contributed by atoms with Gasteiger partial charge in [0.05, 0.1) is 12.3 Å². The summed E-state index contributed by atoms with van der Waals surface area (Å²) in [6, 6.07) is 13.3. The van der Waals surface area contributed by atoms with E-state index in [1.165, 1.54) is 0 Å². The van der Waals surface area contributed by atoms with Crippen molar-refractivity contribution in [2.75, 3.05) is 11.9 Å². The van der Waals surface area contributed by atoms with Crippen LogP contribution in [-0.2, 0) is 7.05 Å². The van der Waals surface area contributed by atoms with Crippen LogP contribution in [0.1, 0.15) is 22.8 Å². The lowest BCUT2D eigenvalue weighted by Gasteiger charge is -2.09. The third kappa shape index (κ3) is 3.52. The summed E-state index contributed by atoms with van der Waals surface area (Å²) in [7, 11) is 1.80. The first-order valence-electron chi connectivity index (χ1n) is 8.09. The van der Waals surface area contributed by atoms with E-state index in [-0.39, 0.29) is 5.91 Å². The van der Waals surface area contributed by atoms with Gasteiger partial charge in [-0.05, 0) is 31.5 Å². The molecule has 25 heavy (non-hydrogen) atoms. The second-order valence-electron chi connectivity index (χ2n) is 5.60. The molecule has 0 atom stereocenters. The Morgan fingerprint density at radius 2 is 2.04 bits per heavy atom. The van der Waals surface area contributed by atoms with Gasteiger partial charge in [-0.15, -0.1) is 0 Å². The first kappa shape index (κ1) is 16.7. The number of nitrogens with zero attached hydrogens (tertiary/aromatic N) is 3. The summed E-state index contributed by atoms with van der Waals surface area (Å²) in [5.74, 6) is 0.647. The molecule has 0 unspecified atom stereocenters. The fourth-order valence-corrected chi connectivity index (χ4v) is 2.58. The van der Waals surface area contributed by atoms with E-state index in [0.717, 1.165) is 16.8 Å². The highest BCUT2D eigenvalue weighted by molar-refractivity contribution is 6.05. The van der Waals surface area contributed by atoms with Gasteiger partial charge in [-0.3, -0.25) is 9.48 Å². The van der Waals surface area contributed by atoms with Gasteiger partial charge in [0, 0.05) is 24.9 Å². The summed E-state index contributed by atoms with van der Waals surface area (Å²) in [4.78, 5) is 16.7. The lowest BCUT2D eigenvalue weighted by molar-refractivity contribution is 0.102. The Morgan fingerprint density at radius 1 is 1.24 bits per heavy atom. The van der Waals surface area contributed by atoms with Crippen molar-refractivity contribution in [2.24, 2.45) is 7.05 Å². The van der Waals surface area contributed by atoms with Crippen molar-refractivity contribution in [1.82, 2.24) is 14.8 Å². The maximum Gasteiger partial charge on any atom is 0.262 e. The minimum Gasteiger partial charge on any atom is -0.477 e. The fraction of sp³-hybridized carbons (Fsp3) is 0.211. The van der Waals surface area contributed by atoms with Gasteiger partial charge in [-0.1, -0.05) is 24.3 Å². The van der Waals surface area contributed by atoms with E-state index in [2.05, 4.69) is 15.4 Å². The Kier molecular flexibility index (Phi) is 4.79. The van der Waals surface area contributed by atoms with Gasteiger partial charge >= 0.3 is 0 Å². The molecule has 128 valence electrons. The van der Waals surface area contributed by atoms with Crippen molar-refractivity contribution in [2.45, 2.75) is 13.8 Å². The number of aryl methyl sites for hydroxylation is 2. The van der Waals surface area contributed by atoms with Crippen molar-refractivity contribution < 1.29 is 9.53 Å². The molecule has 2 aromatic heterocycles. The van der Waals surface area contributed by atoms with Gasteiger partial charge in [0.15, 0.2) is 0 Å². The van der Waals surface area contributed by atoms with Crippen LogP contribution in [-0.4, -0.2) is 27.3 Å². The number of amides is 1. The summed E-state index contributed by atoms with van der Waals surface area (Å²) in [6.45, 7) is 4.33. The zero-order valence-electron chi connectivity index (χ0n) is 14.5. The molecule has 6 heteroatoms. The molecule has 1 amide bonds. The Bertz CT molecular complexity index is 902. The van der Waals surface area contributed by atoms with Crippen molar-refractivity contribution in [3.63, 3.8) is 0 Å². The SMILES string of the molecule is CCOc1ncccc1C(=O)Nc1cc(-c2ccccc2C)nn1C. The van der Waals surface area contributed by atoms with E-state index in [9.17, 15) is 4.79 Å². The number of hydrogen-bond donors (Lipinski definition) is 1. The predicted octanol–water partition coefficient (Wildman–Crippen LogP) is 3.44. The van der Waals surface area contributed by atoms with E-state index < -0.39 is 0 Å². The standard InChI is InChI=1S/C19H20N4O2/c1-4-25-19-15(10-7-11-20-19)18(24)21-17-12-16(22-23(17)3)14-9-6-5-8-13(14)2/h5-12H,4H2,1-3H3,(H,21,24). The van der Waals surface area contributed by atoms with Gasteiger partial charge in [0.2, 0.25) is 5.88 Å². The molecule has 0 aliphatic heterocycles. The maximum atomic E-state index is 12.6. The molecule has 0 saturated carbocycles. The molecule has 6 nitrogen and oxygen atoms in total. The molecule has 3 rings (SSSR count). The average Bonchev–Trinajstić information content (AvgIpc) is 2.96. The molecule has 1 N–H and O–H groups in total. The number of ether oxygens (including phenoxy) is 1. The fourth-order valence-electron chi connectivity index (χ4n) is 2.58. The lowest BCUT2D eigenvalue weighted by Crippen LogP contribution is -2.16. The Labute approximate surface area is 146 Å². The third-order valence-electron chi connectivity index (χ3n) is 3.84. The van der Waals surface area contributed by atoms with Crippen LogP contribution in [0, 0.1) is 6.92 Å². The second-order valence-corrected chi connectivity index (χ2v) is 5.60. The molecule has 2 heterocycles. The topological polar surface area (TPSA) is 69.0 Å². The third-order valence-corrected chi connectivity index (χ3v) is 3.84. The number of carbonyl (C=O) groups excluding carboxylic acids is 1. The first-order chi connectivity index (χ1) is 12.1. The van der Waals surface area contributed by atoms with Gasteiger partial charge in [0.25, 0.3) is 5.91 Å². The molecular formula is C19H20N4O2. The largest absolute Gasteiger partial charge is 0.477 e. The Morgan fingerprint density at radius 3 is 2.80 bits per heavy atom. The van der Waals surface area contributed by atoms with Crippen LogP contribution in [0.2, 0.25) is 0 Å². The van der Waals surface area contributed by atoms with Crippen molar-refractivity contribution in [3.05, 3.63) is 59.8 Å². The van der Waals surface area contributed by atoms with Crippen molar-refractivity contribution >= 4 is 11.7 Å². The van der Waals surface area contributed by atoms with Gasteiger partial charge in [-0.2, -0.15) is 5.10 Å². The molecule has 0 spiro atoms. The summed E-state index contributed by atoms with van der Waals surface area (Å²) in [6.07, 6.45) is 1.60. The number of pyridine rings is 1. The number of benzene rings is 1. The van der Waals surface area contributed by atoms with Crippen molar-refractivity contribution in [1.29, 1.82) is 0 Å². The predicted molar refractivity (Wildman–Crippen MR) is 96.7 cm³/mol. The highest BCUT2D eigenvalue weighted by Gasteiger charge is 2.16. The quantitative estimate of drug-likeness (QED) is 0.775. The second kappa shape index (κ2) is 7.17. The first-order valence-corrected chi connectivity index (χ1v) is 8.09. The molecule has 0 saturated heterocycles. The van der Waals surface area contributed by atoms with Gasteiger partial charge in [0.1, 0.15) is 11.4 Å². The van der Waals surface area contributed by atoms with Crippen LogP contribution in [0.4, 0.5) is 5.82 Å². The molecule has 0 bridgehead atoms. The van der Waals surface area contributed by atoms with E-state index >= 15 is 0 Å². The zero-order chi connectivity index (χ0) is 17.8. The van der Waals surface area contributed by atoms with Crippen LogP contribution in [0.5, 0.6) is 5.88 Å². The number of rotatable bonds is 5. The van der Waals surface area contributed by atoms with Crippen LogP contribution >= 0.6 is 0 Å². The maximum absolute atomic E-state index is 12.6. The van der Waals surface area contributed by atoms with Crippen molar-refractivity contribution in [3.8, 4) is 17.1 Å². The molecule has 3 aromatic rings.